The number of hydrogen-bond acceptors (Lipinski definition) is 6. The van der Waals surface area contributed by atoms with Crippen LogP contribution in [0, 0.1) is 0 Å². The average Bonchev–Trinajstić information content (AvgIpc) is 3.43. The van der Waals surface area contributed by atoms with Crippen LogP contribution in [0.1, 0.15) is 5.76 Å². The summed E-state index contributed by atoms with van der Waals surface area (Å²) in [6.07, 6.45) is 5.23. The molecule has 1 aromatic carbocycles. The molecular formula is C21H16N6O. The highest BCUT2D eigenvalue weighted by molar-refractivity contribution is 5.66. The molecule has 0 aliphatic heterocycles. The Bertz CT molecular complexity index is 1210. The van der Waals surface area contributed by atoms with Gasteiger partial charge in [0.25, 0.3) is 0 Å². The molecule has 7 nitrogen and oxygen atoms in total. The quantitative estimate of drug-likeness (QED) is 0.504. The summed E-state index contributed by atoms with van der Waals surface area (Å²) >= 11 is 0. The number of rotatable bonds is 5. The molecule has 0 saturated carbocycles. The molecule has 0 amide bonds. The third kappa shape index (κ3) is 3.09. The zero-order valence-corrected chi connectivity index (χ0v) is 14.9. The zero-order valence-electron chi connectivity index (χ0n) is 14.9. The lowest BCUT2D eigenvalue weighted by Gasteiger charge is -2.09. The van der Waals surface area contributed by atoms with Crippen LogP contribution in [0.15, 0.2) is 83.8 Å². The van der Waals surface area contributed by atoms with E-state index in [1.807, 2.05) is 60.7 Å². The van der Waals surface area contributed by atoms with Crippen molar-refractivity contribution in [3.05, 3.63) is 85.0 Å². The summed E-state index contributed by atoms with van der Waals surface area (Å²) < 4.78 is 7.23. The summed E-state index contributed by atoms with van der Waals surface area (Å²) in [4.78, 5) is 8.80. The van der Waals surface area contributed by atoms with E-state index in [-0.39, 0.29) is 0 Å². The van der Waals surface area contributed by atoms with E-state index in [9.17, 15) is 0 Å². The first-order valence-corrected chi connectivity index (χ1v) is 8.87. The van der Waals surface area contributed by atoms with Crippen molar-refractivity contribution in [1.82, 2.24) is 24.7 Å². The van der Waals surface area contributed by atoms with Crippen LogP contribution in [-0.4, -0.2) is 24.7 Å². The van der Waals surface area contributed by atoms with Crippen molar-refractivity contribution < 1.29 is 4.52 Å². The molecule has 0 aliphatic carbocycles. The molecule has 0 atom stereocenters. The Kier molecular flexibility index (Phi) is 4.02. The van der Waals surface area contributed by atoms with Crippen molar-refractivity contribution in [2.45, 2.75) is 6.54 Å². The van der Waals surface area contributed by atoms with Gasteiger partial charge in [0.2, 0.25) is 0 Å². The number of pyridine rings is 1. The van der Waals surface area contributed by atoms with Crippen molar-refractivity contribution in [2.24, 2.45) is 0 Å². The molecule has 28 heavy (non-hydrogen) atoms. The van der Waals surface area contributed by atoms with Gasteiger partial charge in [-0.1, -0.05) is 35.5 Å². The van der Waals surface area contributed by atoms with Gasteiger partial charge >= 0.3 is 0 Å². The van der Waals surface area contributed by atoms with Crippen molar-refractivity contribution in [1.29, 1.82) is 0 Å². The van der Waals surface area contributed by atoms with Crippen LogP contribution in [0.2, 0.25) is 0 Å². The largest absolute Gasteiger partial charge is 0.363 e. The van der Waals surface area contributed by atoms with Gasteiger partial charge in [-0.25, -0.2) is 4.98 Å². The lowest BCUT2D eigenvalue weighted by atomic mass is 10.1. The van der Waals surface area contributed by atoms with Crippen molar-refractivity contribution in [3.8, 4) is 22.5 Å². The Morgan fingerprint density at radius 2 is 1.79 bits per heavy atom. The molecule has 136 valence electrons. The average molecular weight is 368 g/mol. The Morgan fingerprint density at radius 3 is 2.64 bits per heavy atom. The van der Waals surface area contributed by atoms with Crippen molar-refractivity contribution >= 4 is 11.5 Å². The van der Waals surface area contributed by atoms with E-state index in [1.54, 1.807) is 23.1 Å². The number of fused-ring (bicyclic) bond motifs is 1. The Morgan fingerprint density at radius 1 is 0.893 bits per heavy atom. The third-order valence-electron chi connectivity index (χ3n) is 4.39. The van der Waals surface area contributed by atoms with E-state index in [0.29, 0.717) is 6.54 Å². The van der Waals surface area contributed by atoms with Crippen LogP contribution in [0.5, 0.6) is 0 Å². The first kappa shape index (κ1) is 16.2. The Balaban J connectivity index is 1.42. The molecule has 0 unspecified atom stereocenters. The summed E-state index contributed by atoms with van der Waals surface area (Å²) in [6.45, 7) is 0.473. The molecule has 5 aromatic rings. The fourth-order valence-corrected chi connectivity index (χ4v) is 3.02. The number of hydrogen-bond donors (Lipinski definition) is 1. The van der Waals surface area contributed by atoms with Crippen LogP contribution in [0.4, 0.5) is 5.82 Å². The molecular weight excluding hydrogens is 352 g/mol. The molecule has 4 aromatic heterocycles. The molecule has 0 spiro atoms. The summed E-state index contributed by atoms with van der Waals surface area (Å²) in [7, 11) is 0. The summed E-state index contributed by atoms with van der Waals surface area (Å²) in [5.74, 6) is 1.55. The predicted octanol–water partition coefficient (Wildman–Crippen LogP) is 4.06. The smallest absolute Gasteiger partial charge is 0.157 e. The number of aromatic nitrogens is 5. The highest BCUT2D eigenvalue weighted by atomic mass is 16.5. The summed E-state index contributed by atoms with van der Waals surface area (Å²) in [5, 5.41) is 11.9. The Hall–Kier alpha value is -4.00. The number of anilines is 1. The van der Waals surface area contributed by atoms with Crippen LogP contribution in [0.3, 0.4) is 0 Å². The molecule has 7 heteroatoms. The van der Waals surface area contributed by atoms with Crippen molar-refractivity contribution in [3.63, 3.8) is 0 Å². The number of nitrogens with zero attached hydrogens (tertiary/aromatic N) is 5. The van der Waals surface area contributed by atoms with Gasteiger partial charge in [0.1, 0.15) is 11.5 Å². The van der Waals surface area contributed by atoms with Crippen molar-refractivity contribution in [2.75, 3.05) is 5.32 Å². The Labute approximate surface area is 160 Å². The summed E-state index contributed by atoms with van der Waals surface area (Å²) in [6, 6.07) is 19.7. The SMILES string of the molecule is c1ccc(-c2cc(NCc3cc(-c4cccnc4)no3)n3nccc3n2)cc1. The second-order valence-electron chi connectivity index (χ2n) is 6.27. The molecule has 1 N–H and O–H groups in total. The number of nitrogens with one attached hydrogen (secondary N) is 1. The molecule has 0 radical (unpaired) electrons. The molecule has 5 rings (SSSR count). The normalized spacial score (nSPS) is 11.0. The second-order valence-corrected chi connectivity index (χ2v) is 6.27. The standard InChI is InChI=1S/C21H16N6O/c1-2-5-15(6-3-1)18-12-21(27-20(25-18)8-10-24-27)23-14-17-11-19(26-28-17)16-7-4-9-22-13-16/h1-13,23H,14H2. The second kappa shape index (κ2) is 6.96. The molecule has 4 heterocycles. The van der Waals surface area contributed by atoms with E-state index >= 15 is 0 Å². The minimum Gasteiger partial charge on any atom is -0.363 e. The van der Waals surface area contributed by atoms with Gasteiger partial charge in [-0.15, -0.1) is 0 Å². The molecule has 0 bridgehead atoms. The van der Waals surface area contributed by atoms with Gasteiger partial charge in [-0.05, 0) is 12.1 Å². The van der Waals surface area contributed by atoms with E-state index < -0.39 is 0 Å². The maximum Gasteiger partial charge on any atom is 0.157 e. The van der Waals surface area contributed by atoms with E-state index in [4.69, 9.17) is 4.52 Å². The van der Waals surface area contributed by atoms with Crippen LogP contribution >= 0.6 is 0 Å². The van der Waals surface area contributed by atoms with Gasteiger partial charge < -0.3 is 9.84 Å². The predicted molar refractivity (Wildman–Crippen MR) is 105 cm³/mol. The van der Waals surface area contributed by atoms with Gasteiger partial charge in [0.05, 0.1) is 18.4 Å². The highest BCUT2D eigenvalue weighted by Crippen LogP contribution is 2.23. The minimum absolute atomic E-state index is 0.473. The molecule has 0 saturated heterocycles. The van der Waals surface area contributed by atoms with E-state index in [2.05, 4.69) is 25.5 Å². The van der Waals surface area contributed by atoms with Crippen LogP contribution in [0.25, 0.3) is 28.2 Å². The molecule has 0 fully saturated rings. The maximum atomic E-state index is 5.46. The van der Waals surface area contributed by atoms with Gasteiger partial charge in [-0.3, -0.25) is 4.98 Å². The lowest BCUT2D eigenvalue weighted by molar-refractivity contribution is 0.390. The van der Waals surface area contributed by atoms with E-state index in [1.165, 1.54) is 0 Å². The number of benzene rings is 1. The topological polar surface area (TPSA) is 81.1 Å². The van der Waals surface area contributed by atoms with Gasteiger partial charge in [0.15, 0.2) is 11.4 Å². The third-order valence-corrected chi connectivity index (χ3v) is 4.39. The van der Waals surface area contributed by atoms with Crippen LogP contribution in [-0.2, 0) is 6.54 Å². The first-order valence-electron chi connectivity index (χ1n) is 8.87. The fourth-order valence-electron chi connectivity index (χ4n) is 3.02. The minimum atomic E-state index is 0.473. The monoisotopic (exact) mass is 368 g/mol. The highest BCUT2D eigenvalue weighted by Gasteiger charge is 2.10. The maximum absolute atomic E-state index is 5.46. The summed E-state index contributed by atoms with van der Waals surface area (Å²) in [5.41, 5.74) is 4.38. The lowest BCUT2D eigenvalue weighted by Crippen LogP contribution is -2.06. The van der Waals surface area contributed by atoms with E-state index in [0.717, 1.165) is 39.7 Å². The molecule has 0 aliphatic rings. The first-order chi connectivity index (χ1) is 13.9. The fraction of sp³-hybridized carbons (Fsp3) is 0.0476. The van der Waals surface area contributed by atoms with Gasteiger partial charge in [0, 0.05) is 41.7 Å². The van der Waals surface area contributed by atoms with Gasteiger partial charge in [-0.2, -0.15) is 9.61 Å². The zero-order chi connectivity index (χ0) is 18.8. The van der Waals surface area contributed by atoms with Crippen LogP contribution < -0.4 is 5.32 Å².